The van der Waals surface area contributed by atoms with E-state index in [9.17, 15) is 4.79 Å². The number of amides is 1. The number of carbonyl (C=O) groups is 1. The first-order valence-corrected chi connectivity index (χ1v) is 8.11. The summed E-state index contributed by atoms with van der Waals surface area (Å²) < 4.78 is 0. The molecule has 3 nitrogen and oxygen atoms in total. The lowest BCUT2D eigenvalue weighted by Gasteiger charge is -2.39. The predicted molar refractivity (Wildman–Crippen MR) is 79.0 cm³/mol. The molecule has 2 heterocycles. The van der Waals surface area contributed by atoms with Gasteiger partial charge in [0.2, 0.25) is 5.91 Å². The third kappa shape index (κ3) is 2.67. The number of rotatable bonds is 4. The van der Waals surface area contributed by atoms with Gasteiger partial charge in [-0.15, -0.1) is 0 Å². The van der Waals surface area contributed by atoms with Gasteiger partial charge in [-0.2, -0.15) is 0 Å². The summed E-state index contributed by atoms with van der Waals surface area (Å²) in [7, 11) is 0. The maximum absolute atomic E-state index is 13.0. The largest absolute Gasteiger partial charge is 0.342 e. The van der Waals surface area contributed by atoms with E-state index in [2.05, 4.69) is 31.0 Å². The Balaban J connectivity index is 2.07. The standard InChI is InChI=1S/C16H30N2O/c1-4-15(5-2)9-12-18(13-15)14(19)16(6-3)7-10-17-11-8-16/h17H,4-13H2,1-3H3. The van der Waals surface area contributed by atoms with Crippen molar-refractivity contribution in [2.75, 3.05) is 26.2 Å². The minimum absolute atomic E-state index is 0.0667. The highest BCUT2D eigenvalue weighted by Gasteiger charge is 2.45. The van der Waals surface area contributed by atoms with Gasteiger partial charge in [0.1, 0.15) is 0 Å². The summed E-state index contributed by atoms with van der Waals surface area (Å²) in [6.07, 6.45) is 6.63. The van der Waals surface area contributed by atoms with Crippen LogP contribution in [0, 0.1) is 10.8 Å². The van der Waals surface area contributed by atoms with Gasteiger partial charge in [-0.3, -0.25) is 4.79 Å². The van der Waals surface area contributed by atoms with Crippen LogP contribution in [0.25, 0.3) is 0 Å². The van der Waals surface area contributed by atoms with Crippen LogP contribution in [0.4, 0.5) is 0 Å². The van der Waals surface area contributed by atoms with Crippen LogP contribution in [-0.2, 0) is 4.79 Å². The third-order valence-electron chi connectivity index (χ3n) is 5.92. The Morgan fingerprint density at radius 3 is 2.16 bits per heavy atom. The quantitative estimate of drug-likeness (QED) is 0.848. The number of carbonyl (C=O) groups excluding carboxylic acids is 1. The highest BCUT2D eigenvalue weighted by Crippen LogP contribution is 2.41. The minimum atomic E-state index is -0.0667. The van der Waals surface area contributed by atoms with Crippen molar-refractivity contribution in [3.63, 3.8) is 0 Å². The molecule has 1 amide bonds. The van der Waals surface area contributed by atoms with Crippen molar-refractivity contribution >= 4 is 5.91 Å². The molecule has 3 heteroatoms. The Kier molecular flexibility index (Phi) is 4.54. The Labute approximate surface area is 118 Å². The summed E-state index contributed by atoms with van der Waals surface area (Å²) in [5.41, 5.74) is 0.334. The van der Waals surface area contributed by atoms with E-state index in [1.165, 1.54) is 19.3 Å². The summed E-state index contributed by atoms with van der Waals surface area (Å²) in [5, 5.41) is 3.39. The molecule has 0 spiro atoms. The summed E-state index contributed by atoms with van der Waals surface area (Å²) in [4.78, 5) is 15.2. The molecule has 1 N–H and O–H groups in total. The molecule has 2 aliphatic rings. The molecular formula is C16H30N2O. The van der Waals surface area contributed by atoms with E-state index in [4.69, 9.17) is 0 Å². The molecule has 2 fully saturated rings. The SMILES string of the molecule is CCC1(CC)CCN(C(=O)C2(CC)CCNCC2)C1. The van der Waals surface area contributed by atoms with Gasteiger partial charge in [0, 0.05) is 13.1 Å². The Morgan fingerprint density at radius 1 is 1.05 bits per heavy atom. The lowest BCUT2D eigenvalue weighted by molar-refractivity contribution is -0.143. The summed E-state index contributed by atoms with van der Waals surface area (Å²) >= 11 is 0. The Morgan fingerprint density at radius 2 is 1.68 bits per heavy atom. The van der Waals surface area contributed by atoms with Crippen molar-refractivity contribution in [3.8, 4) is 0 Å². The number of nitrogens with zero attached hydrogens (tertiary/aromatic N) is 1. The molecule has 2 rings (SSSR count). The van der Waals surface area contributed by atoms with Gasteiger partial charge >= 0.3 is 0 Å². The molecule has 0 aromatic rings. The maximum Gasteiger partial charge on any atom is 0.228 e. The van der Waals surface area contributed by atoms with Crippen LogP contribution in [-0.4, -0.2) is 37.0 Å². The molecular weight excluding hydrogens is 236 g/mol. The highest BCUT2D eigenvalue weighted by atomic mass is 16.2. The smallest absolute Gasteiger partial charge is 0.228 e. The monoisotopic (exact) mass is 266 g/mol. The number of hydrogen-bond donors (Lipinski definition) is 1. The predicted octanol–water partition coefficient (Wildman–Crippen LogP) is 2.80. The second-order valence-electron chi connectivity index (χ2n) is 6.57. The van der Waals surface area contributed by atoms with E-state index in [0.717, 1.165) is 45.4 Å². The first-order valence-electron chi connectivity index (χ1n) is 8.11. The van der Waals surface area contributed by atoms with Crippen LogP contribution >= 0.6 is 0 Å². The van der Waals surface area contributed by atoms with Gasteiger partial charge in [0.05, 0.1) is 5.41 Å². The summed E-state index contributed by atoms with van der Waals surface area (Å²) in [5.74, 6) is 0.445. The fourth-order valence-corrected chi connectivity index (χ4v) is 3.90. The topological polar surface area (TPSA) is 32.3 Å². The zero-order valence-corrected chi connectivity index (χ0v) is 12.9. The molecule has 2 saturated heterocycles. The molecule has 0 unspecified atom stereocenters. The third-order valence-corrected chi connectivity index (χ3v) is 5.92. The van der Waals surface area contributed by atoms with E-state index in [1.54, 1.807) is 0 Å². The van der Waals surface area contributed by atoms with Gasteiger partial charge in [-0.1, -0.05) is 20.8 Å². The Hall–Kier alpha value is -0.570. The minimum Gasteiger partial charge on any atom is -0.342 e. The lowest BCUT2D eigenvalue weighted by Crippen LogP contribution is -2.48. The van der Waals surface area contributed by atoms with Crippen LogP contribution in [0.5, 0.6) is 0 Å². The van der Waals surface area contributed by atoms with Crippen molar-refractivity contribution < 1.29 is 4.79 Å². The first-order chi connectivity index (χ1) is 9.11. The molecule has 0 atom stereocenters. The van der Waals surface area contributed by atoms with Gasteiger partial charge in [0.15, 0.2) is 0 Å². The van der Waals surface area contributed by atoms with Crippen molar-refractivity contribution in [1.29, 1.82) is 0 Å². The molecule has 0 radical (unpaired) electrons. The molecule has 2 aliphatic heterocycles. The number of hydrogen-bond acceptors (Lipinski definition) is 2. The summed E-state index contributed by atoms with van der Waals surface area (Å²) in [6.45, 7) is 10.7. The second-order valence-corrected chi connectivity index (χ2v) is 6.57. The Bertz CT molecular complexity index is 317. The molecule has 19 heavy (non-hydrogen) atoms. The molecule has 0 bridgehead atoms. The van der Waals surface area contributed by atoms with E-state index in [0.29, 0.717) is 11.3 Å². The van der Waals surface area contributed by atoms with Crippen LogP contribution < -0.4 is 5.32 Å². The van der Waals surface area contributed by atoms with Crippen molar-refractivity contribution in [1.82, 2.24) is 10.2 Å². The van der Waals surface area contributed by atoms with Crippen LogP contribution in [0.15, 0.2) is 0 Å². The lowest BCUT2D eigenvalue weighted by atomic mass is 9.75. The van der Waals surface area contributed by atoms with E-state index < -0.39 is 0 Å². The van der Waals surface area contributed by atoms with Crippen LogP contribution in [0.2, 0.25) is 0 Å². The number of likely N-dealkylation sites (tertiary alicyclic amines) is 1. The highest BCUT2D eigenvalue weighted by molar-refractivity contribution is 5.83. The molecule has 110 valence electrons. The van der Waals surface area contributed by atoms with Crippen molar-refractivity contribution in [2.45, 2.75) is 59.3 Å². The second kappa shape index (κ2) is 5.82. The molecule has 0 aromatic carbocycles. The van der Waals surface area contributed by atoms with Gasteiger partial charge in [-0.25, -0.2) is 0 Å². The summed E-state index contributed by atoms with van der Waals surface area (Å²) in [6, 6.07) is 0. The normalized spacial score (nSPS) is 25.5. The zero-order chi connectivity index (χ0) is 13.9. The average Bonchev–Trinajstić information content (AvgIpc) is 2.92. The fraction of sp³-hybridized carbons (Fsp3) is 0.938. The van der Waals surface area contributed by atoms with Gasteiger partial charge in [-0.05, 0) is 57.0 Å². The average molecular weight is 266 g/mol. The molecule has 0 aliphatic carbocycles. The van der Waals surface area contributed by atoms with E-state index in [-0.39, 0.29) is 5.41 Å². The molecule has 0 saturated carbocycles. The van der Waals surface area contributed by atoms with E-state index in [1.807, 2.05) is 0 Å². The fourth-order valence-electron chi connectivity index (χ4n) is 3.90. The maximum atomic E-state index is 13.0. The first kappa shape index (κ1) is 14.8. The number of piperidine rings is 1. The van der Waals surface area contributed by atoms with E-state index >= 15 is 0 Å². The van der Waals surface area contributed by atoms with Gasteiger partial charge < -0.3 is 10.2 Å². The van der Waals surface area contributed by atoms with Crippen LogP contribution in [0.3, 0.4) is 0 Å². The van der Waals surface area contributed by atoms with Crippen LogP contribution in [0.1, 0.15) is 59.3 Å². The molecule has 0 aromatic heterocycles. The van der Waals surface area contributed by atoms with Crippen molar-refractivity contribution in [2.24, 2.45) is 10.8 Å². The zero-order valence-electron chi connectivity index (χ0n) is 12.9. The van der Waals surface area contributed by atoms with Crippen molar-refractivity contribution in [3.05, 3.63) is 0 Å². The number of nitrogens with one attached hydrogen (secondary N) is 1. The van der Waals surface area contributed by atoms with Gasteiger partial charge in [0.25, 0.3) is 0 Å².